The molecule has 0 spiro atoms. The normalized spacial score (nSPS) is 19.0. The van der Waals surface area contributed by atoms with Crippen molar-refractivity contribution in [2.45, 2.75) is 52.2 Å². The highest BCUT2D eigenvalue weighted by Crippen LogP contribution is 2.25. The predicted octanol–water partition coefficient (Wildman–Crippen LogP) is 4.96. The Hall–Kier alpha value is -2.49. The first-order chi connectivity index (χ1) is 13.6. The molecule has 1 saturated heterocycles. The number of hydrogen-bond donors (Lipinski definition) is 1. The molecule has 0 aliphatic carbocycles. The molecule has 150 valence electrons. The summed E-state index contributed by atoms with van der Waals surface area (Å²) in [6.45, 7) is 8.56. The summed E-state index contributed by atoms with van der Waals surface area (Å²) in [5.41, 5.74) is 2.38. The molecule has 28 heavy (non-hydrogen) atoms. The summed E-state index contributed by atoms with van der Waals surface area (Å²) < 4.78 is 5.85. The number of hydrogen-bond acceptors (Lipinski definition) is 3. The number of benzene rings is 2. The minimum absolute atomic E-state index is 0.0600. The number of rotatable bonds is 7. The van der Waals surface area contributed by atoms with Crippen LogP contribution in [-0.2, 0) is 4.79 Å². The third kappa shape index (κ3) is 5.28. The number of anilines is 1. The molecular weight excluding hydrogens is 348 g/mol. The number of ether oxygens (including phenoxy) is 1. The van der Waals surface area contributed by atoms with E-state index in [1.165, 1.54) is 18.5 Å². The monoisotopic (exact) mass is 380 g/mol. The zero-order valence-electron chi connectivity index (χ0n) is 17.2. The van der Waals surface area contributed by atoms with E-state index in [2.05, 4.69) is 41.4 Å². The van der Waals surface area contributed by atoms with E-state index in [0.717, 1.165) is 30.3 Å². The highest BCUT2D eigenvalue weighted by molar-refractivity contribution is 5.81. The van der Waals surface area contributed by atoms with Crippen LogP contribution in [0.1, 0.15) is 51.6 Å². The topological polar surface area (TPSA) is 41.6 Å². The Balaban J connectivity index is 1.58. The van der Waals surface area contributed by atoms with Gasteiger partial charge >= 0.3 is 0 Å². The second-order valence-electron chi connectivity index (χ2n) is 7.84. The minimum atomic E-state index is -0.487. The molecule has 1 heterocycles. The number of carbonyl (C=O) groups excluding carboxylic acids is 1. The molecule has 1 aliphatic rings. The van der Waals surface area contributed by atoms with Gasteiger partial charge in [-0.05, 0) is 61.9 Å². The van der Waals surface area contributed by atoms with Crippen LogP contribution in [0.5, 0.6) is 5.75 Å². The third-order valence-electron chi connectivity index (χ3n) is 5.46. The Kier molecular flexibility index (Phi) is 6.96. The van der Waals surface area contributed by atoms with Crippen molar-refractivity contribution in [3.63, 3.8) is 0 Å². The molecule has 0 aromatic heterocycles. The molecule has 3 atom stereocenters. The van der Waals surface area contributed by atoms with E-state index in [1.54, 1.807) is 0 Å². The zero-order valence-corrected chi connectivity index (χ0v) is 17.2. The lowest BCUT2D eigenvalue weighted by Crippen LogP contribution is -2.39. The van der Waals surface area contributed by atoms with Crippen LogP contribution in [0.15, 0.2) is 54.6 Å². The number of nitrogens with zero attached hydrogens (tertiary/aromatic N) is 1. The van der Waals surface area contributed by atoms with E-state index in [0.29, 0.717) is 6.42 Å². The van der Waals surface area contributed by atoms with Crippen molar-refractivity contribution in [3.05, 3.63) is 60.2 Å². The van der Waals surface area contributed by atoms with Gasteiger partial charge in [0, 0.05) is 18.8 Å². The molecule has 4 heteroatoms. The molecule has 3 rings (SSSR count). The minimum Gasteiger partial charge on any atom is -0.481 e. The van der Waals surface area contributed by atoms with Crippen LogP contribution in [0.2, 0.25) is 0 Å². The summed E-state index contributed by atoms with van der Waals surface area (Å²) >= 11 is 0. The number of nitrogens with one attached hydrogen (secondary N) is 1. The summed E-state index contributed by atoms with van der Waals surface area (Å²) in [7, 11) is 0. The third-order valence-corrected chi connectivity index (χ3v) is 5.46. The van der Waals surface area contributed by atoms with Crippen LogP contribution < -0.4 is 15.0 Å². The average molecular weight is 381 g/mol. The van der Waals surface area contributed by atoms with Gasteiger partial charge < -0.3 is 15.0 Å². The van der Waals surface area contributed by atoms with Crippen LogP contribution in [0, 0.1) is 5.92 Å². The van der Waals surface area contributed by atoms with Gasteiger partial charge in [-0.2, -0.15) is 0 Å². The number of carbonyl (C=O) groups is 1. The second-order valence-corrected chi connectivity index (χ2v) is 7.84. The van der Waals surface area contributed by atoms with Crippen molar-refractivity contribution in [2.75, 3.05) is 18.0 Å². The predicted molar refractivity (Wildman–Crippen MR) is 115 cm³/mol. The molecule has 1 fully saturated rings. The smallest absolute Gasteiger partial charge is 0.261 e. The van der Waals surface area contributed by atoms with Crippen LogP contribution in [-0.4, -0.2) is 25.1 Å². The van der Waals surface area contributed by atoms with E-state index in [-0.39, 0.29) is 11.9 Å². The first kappa shape index (κ1) is 20.2. The van der Waals surface area contributed by atoms with E-state index >= 15 is 0 Å². The molecule has 0 bridgehead atoms. The van der Waals surface area contributed by atoms with Crippen molar-refractivity contribution < 1.29 is 9.53 Å². The Morgan fingerprint density at radius 2 is 1.89 bits per heavy atom. The number of amides is 1. The highest BCUT2D eigenvalue weighted by Gasteiger charge is 2.21. The molecule has 0 unspecified atom stereocenters. The Labute approximate surface area is 168 Å². The van der Waals surface area contributed by atoms with Gasteiger partial charge in [0.25, 0.3) is 5.91 Å². The van der Waals surface area contributed by atoms with Gasteiger partial charge in [0.1, 0.15) is 5.75 Å². The molecule has 1 aliphatic heterocycles. The van der Waals surface area contributed by atoms with Crippen LogP contribution in [0.3, 0.4) is 0 Å². The quantitative estimate of drug-likeness (QED) is 0.738. The maximum Gasteiger partial charge on any atom is 0.261 e. The summed E-state index contributed by atoms with van der Waals surface area (Å²) in [5, 5.41) is 3.10. The average Bonchev–Trinajstić information content (AvgIpc) is 2.72. The van der Waals surface area contributed by atoms with E-state index in [1.807, 2.05) is 44.2 Å². The van der Waals surface area contributed by atoms with Gasteiger partial charge in [0.05, 0.1) is 6.04 Å². The Morgan fingerprint density at radius 1 is 1.18 bits per heavy atom. The van der Waals surface area contributed by atoms with Crippen LogP contribution in [0.25, 0.3) is 0 Å². The first-order valence-electron chi connectivity index (χ1n) is 10.4. The fourth-order valence-electron chi connectivity index (χ4n) is 3.77. The lowest BCUT2D eigenvalue weighted by atomic mass is 9.99. The number of piperidine rings is 1. The molecule has 0 saturated carbocycles. The Bertz CT molecular complexity index is 745. The summed E-state index contributed by atoms with van der Waals surface area (Å²) in [6.07, 6.45) is 2.72. The lowest BCUT2D eigenvalue weighted by Gasteiger charge is -2.33. The van der Waals surface area contributed by atoms with Crippen molar-refractivity contribution in [3.8, 4) is 5.75 Å². The summed E-state index contributed by atoms with van der Waals surface area (Å²) in [5.74, 6) is 1.40. The van der Waals surface area contributed by atoms with E-state index in [4.69, 9.17) is 4.74 Å². The zero-order chi connectivity index (χ0) is 19.9. The van der Waals surface area contributed by atoms with Crippen molar-refractivity contribution >= 4 is 11.6 Å². The van der Waals surface area contributed by atoms with Gasteiger partial charge in [0.2, 0.25) is 0 Å². The molecule has 1 N–H and O–H groups in total. The first-order valence-corrected chi connectivity index (χ1v) is 10.4. The maximum atomic E-state index is 12.7. The lowest BCUT2D eigenvalue weighted by molar-refractivity contribution is -0.128. The van der Waals surface area contributed by atoms with E-state index < -0.39 is 6.10 Å². The molecule has 4 nitrogen and oxygen atoms in total. The maximum absolute atomic E-state index is 12.7. The molecule has 2 aromatic rings. The fraction of sp³-hybridized carbons (Fsp3) is 0.458. The molecule has 2 aromatic carbocycles. The van der Waals surface area contributed by atoms with Crippen molar-refractivity contribution in [1.29, 1.82) is 0 Å². The van der Waals surface area contributed by atoms with Crippen LogP contribution in [0.4, 0.5) is 5.69 Å². The summed E-state index contributed by atoms with van der Waals surface area (Å²) in [4.78, 5) is 15.1. The van der Waals surface area contributed by atoms with E-state index in [9.17, 15) is 4.79 Å². The van der Waals surface area contributed by atoms with Gasteiger partial charge in [0.15, 0.2) is 6.10 Å². The van der Waals surface area contributed by atoms with Gasteiger partial charge in [-0.15, -0.1) is 0 Å². The molecule has 1 amide bonds. The highest BCUT2D eigenvalue weighted by atomic mass is 16.5. The number of para-hydroxylation sites is 1. The van der Waals surface area contributed by atoms with Gasteiger partial charge in [-0.25, -0.2) is 0 Å². The largest absolute Gasteiger partial charge is 0.481 e. The van der Waals surface area contributed by atoms with Gasteiger partial charge in [-0.3, -0.25) is 4.79 Å². The van der Waals surface area contributed by atoms with Crippen molar-refractivity contribution in [1.82, 2.24) is 5.32 Å². The SMILES string of the molecule is CC[C@H](Oc1ccccc1)C(=O)N[C@@H](C)c1ccc(N2CCC[C@@H](C)C2)cc1. The standard InChI is InChI=1S/C24H32N2O2/c1-4-23(28-22-10-6-5-7-11-22)24(27)25-19(3)20-12-14-21(15-13-20)26-16-8-9-18(2)17-26/h5-7,10-15,18-19,23H,4,8-9,16-17H2,1-3H3,(H,25,27)/t18-,19+,23+/m1/s1. The second kappa shape index (κ2) is 9.63. The van der Waals surface area contributed by atoms with Crippen LogP contribution >= 0.6 is 0 Å². The molecular formula is C24H32N2O2. The fourth-order valence-corrected chi connectivity index (χ4v) is 3.77. The summed E-state index contributed by atoms with van der Waals surface area (Å²) in [6, 6.07) is 18.0. The van der Waals surface area contributed by atoms with Crippen molar-refractivity contribution in [2.24, 2.45) is 5.92 Å². The van der Waals surface area contributed by atoms with Gasteiger partial charge in [-0.1, -0.05) is 44.2 Å². The Morgan fingerprint density at radius 3 is 2.54 bits per heavy atom. The molecule has 0 radical (unpaired) electrons.